The number of hydrogen-bond donors (Lipinski definition) is 0. The van der Waals surface area contributed by atoms with E-state index in [1.807, 2.05) is 34.0 Å². The Morgan fingerprint density at radius 1 is 0.253 bits per heavy atom. The number of hydrogen-bond acceptors (Lipinski definition) is 5. The predicted octanol–water partition coefficient (Wildman–Crippen LogP) is 25.8. The first kappa shape index (κ1) is 55.4. The zero-order valence-corrected chi connectivity index (χ0v) is 56.2. The second-order valence-corrected chi connectivity index (χ2v) is 30.5. The minimum Gasteiger partial charge on any atom is -0.309 e. The molecule has 1 aliphatic rings. The van der Waals surface area contributed by atoms with Gasteiger partial charge in [-0.3, -0.25) is 9.13 Å². The van der Waals surface area contributed by atoms with Crippen molar-refractivity contribution in [2.24, 2.45) is 0 Å². The molecule has 7 aromatic heterocycles. The van der Waals surface area contributed by atoms with E-state index >= 15 is 0 Å². The summed E-state index contributed by atoms with van der Waals surface area (Å²) in [4.78, 5) is 11.5. The molecule has 0 atom stereocenters. The van der Waals surface area contributed by atoms with E-state index in [9.17, 15) is 0 Å². The summed E-state index contributed by atoms with van der Waals surface area (Å²) in [6, 6.07) is 111. The molecule has 22 rings (SSSR count). The molecule has 0 saturated heterocycles. The van der Waals surface area contributed by atoms with Gasteiger partial charge in [-0.1, -0.05) is 178 Å². The lowest BCUT2D eigenvalue weighted by Crippen LogP contribution is -2.15. The highest BCUT2D eigenvalue weighted by Crippen LogP contribution is 2.52. The summed E-state index contributed by atoms with van der Waals surface area (Å²) in [5.41, 5.74) is 21.6. The van der Waals surface area contributed by atoms with Gasteiger partial charge in [0.2, 0.25) is 5.95 Å². The Hall–Kier alpha value is -11.8. The molecule has 14 aromatic carbocycles. The largest absolute Gasteiger partial charge is 0.309 e. The smallest absolute Gasteiger partial charge is 0.237 e. The summed E-state index contributed by atoms with van der Waals surface area (Å²) in [6.07, 6.45) is 0. The van der Waals surface area contributed by atoms with Gasteiger partial charge >= 0.3 is 0 Å². The third kappa shape index (κ3) is 8.13. The number of fused-ring (bicyclic) bond motifs is 21. The molecule has 8 heteroatoms. The summed E-state index contributed by atoms with van der Waals surface area (Å²) < 4.78 is 15.0. The molecule has 5 nitrogen and oxygen atoms in total. The first-order valence-corrected chi connectivity index (χ1v) is 36.3. The van der Waals surface area contributed by atoms with Crippen molar-refractivity contribution >= 4 is 160 Å². The number of aromatic nitrogens is 5. The molecule has 0 amide bonds. The van der Waals surface area contributed by atoms with Crippen LogP contribution < -0.4 is 0 Å². The highest BCUT2D eigenvalue weighted by Gasteiger charge is 2.37. The average Bonchev–Trinajstić information content (AvgIpc) is 1.57. The van der Waals surface area contributed by atoms with Gasteiger partial charge in [0, 0.05) is 116 Å². The minimum atomic E-state index is -0.358. The third-order valence-corrected chi connectivity index (χ3v) is 24.9. The second-order valence-electron chi connectivity index (χ2n) is 27.2. The van der Waals surface area contributed by atoms with Crippen molar-refractivity contribution < 1.29 is 0 Å². The Bertz CT molecular complexity index is 6850. The number of benzene rings is 14. The van der Waals surface area contributed by atoms with Crippen molar-refractivity contribution in [1.29, 1.82) is 0 Å². The lowest BCUT2D eigenvalue weighted by molar-refractivity contribution is 0.660. The quantitative estimate of drug-likeness (QED) is 0.160. The molecule has 0 saturated carbocycles. The lowest BCUT2D eigenvalue weighted by Gasteiger charge is -2.23. The molecule has 0 N–H and O–H groups in total. The minimum absolute atomic E-state index is 0.358. The average molecular weight is 1310 g/mol. The summed E-state index contributed by atoms with van der Waals surface area (Å²) >= 11 is 5.58. The molecular weight excluding hydrogens is 1260 g/mol. The van der Waals surface area contributed by atoms with Gasteiger partial charge in [-0.25, -0.2) is 4.98 Å². The van der Waals surface area contributed by atoms with Crippen LogP contribution in [0.3, 0.4) is 0 Å². The monoisotopic (exact) mass is 1310 g/mol. The molecule has 21 aromatic rings. The van der Waals surface area contributed by atoms with Gasteiger partial charge in [0.25, 0.3) is 0 Å². The molecule has 0 radical (unpaired) electrons. The molecule has 0 bridgehead atoms. The maximum Gasteiger partial charge on any atom is 0.237 e. The van der Waals surface area contributed by atoms with Crippen LogP contribution in [0.2, 0.25) is 0 Å². The first-order chi connectivity index (χ1) is 48.8. The van der Waals surface area contributed by atoms with E-state index in [4.69, 9.17) is 9.97 Å². The van der Waals surface area contributed by atoms with Crippen LogP contribution in [-0.4, -0.2) is 23.7 Å². The van der Waals surface area contributed by atoms with Crippen LogP contribution in [0.25, 0.3) is 199 Å². The zero-order chi connectivity index (χ0) is 64.9. The van der Waals surface area contributed by atoms with Crippen LogP contribution in [0.15, 0.2) is 297 Å². The van der Waals surface area contributed by atoms with Crippen molar-refractivity contribution in [3.8, 4) is 73.2 Å². The predicted molar refractivity (Wildman–Crippen MR) is 423 cm³/mol. The van der Waals surface area contributed by atoms with E-state index in [1.54, 1.807) is 0 Å². The maximum absolute atomic E-state index is 5.78. The fraction of sp³-hybridized carbons (Fsp3) is 0.0330. The Balaban J connectivity index is 0.697. The second kappa shape index (κ2) is 20.6. The van der Waals surface area contributed by atoms with E-state index in [0.29, 0.717) is 5.95 Å². The zero-order valence-electron chi connectivity index (χ0n) is 53.8. The summed E-state index contributed by atoms with van der Waals surface area (Å²) in [7, 11) is 0. The van der Waals surface area contributed by atoms with Crippen LogP contribution >= 0.6 is 34.0 Å². The maximum atomic E-state index is 5.78. The number of nitrogens with zero attached hydrogens (tertiary/aromatic N) is 5. The van der Waals surface area contributed by atoms with Crippen molar-refractivity contribution in [3.63, 3.8) is 0 Å². The molecule has 7 heterocycles. The normalized spacial score (nSPS) is 13.0. The van der Waals surface area contributed by atoms with Gasteiger partial charge in [0.15, 0.2) is 0 Å². The van der Waals surface area contributed by atoms with Crippen molar-refractivity contribution in [3.05, 3.63) is 308 Å². The standard InChI is InChI=1S/C91H55N5S3/c1-91(2)74-49-58(27-35-60(74)61-36-34-59(50-75(61)91)94-77-21-9-3-15-62(77)68-43-52(28-37-80(68)94)55-31-40-86-71(46-55)65-18-6-12-24-83(65)97-86)76-51-89(95-78-22-10-4-16-63(78)69-44-53(29-38-81(69)95)56-32-41-87-72(47-56)66-19-7-13-25-84(66)98-87)93-90(92-76)96-79-23-11-5-17-64(79)70-45-54(30-39-82(70)96)57-33-42-88-73(48-57)67-20-8-14-26-85(67)99-88/h3-51H,1-2H3. The van der Waals surface area contributed by atoms with Crippen LogP contribution in [-0.2, 0) is 5.41 Å². The number of rotatable bonds is 7. The van der Waals surface area contributed by atoms with Crippen molar-refractivity contribution in [1.82, 2.24) is 23.7 Å². The fourth-order valence-corrected chi connectivity index (χ4v) is 20.0. The van der Waals surface area contributed by atoms with E-state index in [0.717, 1.165) is 55.6 Å². The van der Waals surface area contributed by atoms with E-state index in [2.05, 4.69) is 325 Å². The fourth-order valence-electron chi connectivity index (χ4n) is 16.7. The Morgan fingerprint density at radius 3 is 1.08 bits per heavy atom. The van der Waals surface area contributed by atoms with Gasteiger partial charge in [-0.15, -0.1) is 34.0 Å². The Kier molecular flexibility index (Phi) is 11.5. The van der Waals surface area contributed by atoms with Gasteiger partial charge in [0.05, 0.1) is 38.8 Å². The highest BCUT2D eigenvalue weighted by atomic mass is 32.1. The van der Waals surface area contributed by atoms with Gasteiger partial charge in [0.1, 0.15) is 5.82 Å². The summed E-state index contributed by atoms with van der Waals surface area (Å²) in [5, 5.41) is 14.9. The SMILES string of the molecule is CC1(C)c2cc(-c3cc(-n4c5ccccc5c5cc(-c6ccc7sc8ccccc8c7c6)ccc54)nc(-n4c5ccccc5c5cc(-c6ccc7sc8ccccc8c7c6)ccc54)n3)ccc2-c2ccc(-n3c4ccccc4c4cc(-c5ccc6sc7ccccc7c6c5)ccc43)cc21. The molecule has 0 spiro atoms. The van der Waals surface area contributed by atoms with Gasteiger partial charge < -0.3 is 4.57 Å². The summed E-state index contributed by atoms with van der Waals surface area (Å²) in [5.74, 6) is 1.40. The number of thiophene rings is 3. The third-order valence-electron chi connectivity index (χ3n) is 21.5. The topological polar surface area (TPSA) is 40.6 Å². The van der Waals surface area contributed by atoms with E-state index in [1.165, 1.54) is 149 Å². The molecular formula is C91H55N5S3. The molecule has 0 unspecified atom stereocenters. The van der Waals surface area contributed by atoms with Crippen LogP contribution in [0.5, 0.6) is 0 Å². The lowest BCUT2D eigenvalue weighted by atomic mass is 9.81. The van der Waals surface area contributed by atoms with Crippen molar-refractivity contribution in [2.75, 3.05) is 0 Å². The summed E-state index contributed by atoms with van der Waals surface area (Å²) in [6.45, 7) is 4.79. The van der Waals surface area contributed by atoms with Crippen LogP contribution in [0.4, 0.5) is 0 Å². The van der Waals surface area contributed by atoms with Crippen LogP contribution in [0, 0.1) is 0 Å². The number of para-hydroxylation sites is 3. The highest BCUT2D eigenvalue weighted by molar-refractivity contribution is 7.26. The van der Waals surface area contributed by atoms with Gasteiger partial charge in [-0.05, 0) is 183 Å². The van der Waals surface area contributed by atoms with Crippen LogP contribution in [0.1, 0.15) is 25.0 Å². The Labute approximate surface area is 580 Å². The molecule has 462 valence electrons. The Morgan fingerprint density at radius 2 is 0.596 bits per heavy atom. The van der Waals surface area contributed by atoms with Gasteiger partial charge in [-0.2, -0.15) is 4.98 Å². The molecule has 99 heavy (non-hydrogen) atoms. The molecule has 1 aliphatic carbocycles. The van der Waals surface area contributed by atoms with E-state index < -0.39 is 0 Å². The van der Waals surface area contributed by atoms with Crippen molar-refractivity contribution in [2.45, 2.75) is 19.3 Å². The molecule has 0 aliphatic heterocycles. The molecule has 0 fully saturated rings. The first-order valence-electron chi connectivity index (χ1n) is 33.8. The van der Waals surface area contributed by atoms with E-state index in [-0.39, 0.29) is 5.41 Å².